The number of likely N-dealkylation sites (tertiary alicyclic amines) is 1. The second kappa shape index (κ2) is 7.33. The third-order valence-electron chi connectivity index (χ3n) is 5.15. The molecule has 142 valence electrons. The van der Waals surface area contributed by atoms with E-state index in [0.29, 0.717) is 5.82 Å². The van der Waals surface area contributed by atoms with Crippen molar-refractivity contribution in [1.82, 2.24) is 20.0 Å². The van der Waals surface area contributed by atoms with Crippen LogP contribution in [-0.2, 0) is 6.54 Å². The summed E-state index contributed by atoms with van der Waals surface area (Å²) in [5.41, 5.74) is 1.96. The average molecular weight is 392 g/mol. The van der Waals surface area contributed by atoms with Crippen LogP contribution >= 0.6 is 11.3 Å². The molecule has 1 atom stereocenters. The number of rotatable bonds is 5. The SMILES string of the molecule is COc1cccc2ccc(CN3CC[C@@H](c4nc(-c5cccs5)no4)C3)nc12. The summed E-state index contributed by atoms with van der Waals surface area (Å²) in [7, 11) is 1.68. The van der Waals surface area contributed by atoms with Gasteiger partial charge in [0, 0.05) is 18.5 Å². The molecule has 1 saturated heterocycles. The lowest BCUT2D eigenvalue weighted by Crippen LogP contribution is -2.20. The van der Waals surface area contributed by atoms with Crippen LogP contribution in [0.3, 0.4) is 0 Å². The lowest BCUT2D eigenvalue weighted by Gasteiger charge is -2.15. The normalized spacial score (nSPS) is 17.4. The molecule has 3 aromatic heterocycles. The second-order valence-electron chi connectivity index (χ2n) is 6.99. The van der Waals surface area contributed by atoms with Crippen LogP contribution in [0.2, 0.25) is 0 Å². The van der Waals surface area contributed by atoms with Gasteiger partial charge in [-0.3, -0.25) is 4.90 Å². The lowest BCUT2D eigenvalue weighted by molar-refractivity contribution is 0.306. The number of nitrogens with zero attached hydrogens (tertiary/aromatic N) is 4. The maximum atomic E-state index is 5.55. The number of hydrogen-bond donors (Lipinski definition) is 0. The molecular weight excluding hydrogens is 372 g/mol. The van der Waals surface area contributed by atoms with Gasteiger partial charge in [-0.1, -0.05) is 29.4 Å². The molecule has 1 aliphatic heterocycles. The molecule has 0 spiro atoms. The Labute approximate surface area is 166 Å². The number of methoxy groups -OCH3 is 1. The third kappa shape index (κ3) is 3.27. The third-order valence-corrected chi connectivity index (χ3v) is 6.02. The van der Waals surface area contributed by atoms with E-state index in [1.807, 2.05) is 29.6 Å². The molecule has 0 amide bonds. The Balaban J connectivity index is 1.30. The number of para-hydroxylation sites is 1. The van der Waals surface area contributed by atoms with Gasteiger partial charge in [-0.05, 0) is 36.5 Å². The van der Waals surface area contributed by atoms with Crippen molar-refractivity contribution in [1.29, 1.82) is 0 Å². The quantitative estimate of drug-likeness (QED) is 0.503. The van der Waals surface area contributed by atoms with Gasteiger partial charge >= 0.3 is 0 Å². The first-order chi connectivity index (χ1) is 13.8. The average Bonchev–Trinajstić information content (AvgIpc) is 3.47. The van der Waals surface area contributed by atoms with Crippen molar-refractivity contribution in [2.24, 2.45) is 0 Å². The van der Waals surface area contributed by atoms with E-state index in [4.69, 9.17) is 14.2 Å². The van der Waals surface area contributed by atoms with Gasteiger partial charge in [0.15, 0.2) is 0 Å². The molecule has 1 aromatic carbocycles. The fourth-order valence-corrected chi connectivity index (χ4v) is 4.38. The fraction of sp³-hybridized carbons (Fsp3) is 0.286. The summed E-state index contributed by atoms with van der Waals surface area (Å²) in [5.74, 6) is 2.51. The largest absolute Gasteiger partial charge is 0.494 e. The minimum absolute atomic E-state index is 0.274. The van der Waals surface area contributed by atoms with Crippen molar-refractivity contribution in [3.8, 4) is 16.5 Å². The maximum Gasteiger partial charge on any atom is 0.231 e. The zero-order valence-corrected chi connectivity index (χ0v) is 16.4. The number of pyridine rings is 1. The van der Waals surface area contributed by atoms with Gasteiger partial charge in [0.05, 0.1) is 23.6 Å². The van der Waals surface area contributed by atoms with E-state index < -0.39 is 0 Å². The minimum atomic E-state index is 0.274. The molecule has 5 rings (SSSR count). The van der Waals surface area contributed by atoms with E-state index in [1.165, 1.54) is 0 Å². The van der Waals surface area contributed by atoms with Crippen LogP contribution in [0, 0.1) is 0 Å². The summed E-state index contributed by atoms with van der Waals surface area (Å²) in [6, 6.07) is 14.2. The summed E-state index contributed by atoms with van der Waals surface area (Å²) < 4.78 is 11.0. The molecule has 28 heavy (non-hydrogen) atoms. The first-order valence-corrected chi connectivity index (χ1v) is 10.2. The van der Waals surface area contributed by atoms with Crippen molar-refractivity contribution >= 4 is 22.2 Å². The smallest absolute Gasteiger partial charge is 0.231 e. The van der Waals surface area contributed by atoms with E-state index in [2.05, 4.69) is 33.2 Å². The molecule has 1 aliphatic rings. The van der Waals surface area contributed by atoms with Crippen LogP contribution in [0.4, 0.5) is 0 Å². The Kier molecular flexibility index (Phi) is 4.54. The van der Waals surface area contributed by atoms with Gasteiger partial charge < -0.3 is 9.26 Å². The van der Waals surface area contributed by atoms with E-state index in [0.717, 1.165) is 59.2 Å². The fourth-order valence-electron chi connectivity index (χ4n) is 3.73. The van der Waals surface area contributed by atoms with Crippen molar-refractivity contribution < 1.29 is 9.26 Å². The molecular formula is C21H20N4O2S. The molecule has 0 N–H and O–H groups in total. The summed E-state index contributed by atoms with van der Waals surface area (Å²) in [6.07, 6.45) is 1.02. The highest BCUT2D eigenvalue weighted by Gasteiger charge is 2.29. The van der Waals surface area contributed by atoms with Gasteiger partial charge in [0.25, 0.3) is 0 Å². The number of hydrogen-bond acceptors (Lipinski definition) is 7. The van der Waals surface area contributed by atoms with Gasteiger partial charge in [0.1, 0.15) is 11.3 Å². The van der Waals surface area contributed by atoms with Gasteiger partial charge in [-0.2, -0.15) is 4.98 Å². The summed E-state index contributed by atoms with van der Waals surface area (Å²) in [6.45, 7) is 2.70. The first-order valence-electron chi connectivity index (χ1n) is 9.32. The summed E-state index contributed by atoms with van der Waals surface area (Å²) in [4.78, 5) is 12.9. The van der Waals surface area contributed by atoms with Crippen LogP contribution in [0.5, 0.6) is 5.75 Å². The minimum Gasteiger partial charge on any atom is -0.494 e. The van der Waals surface area contributed by atoms with Gasteiger partial charge in [-0.25, -0.2) is 4.98 Å². The standard InChI is InChI=1S/C21H20N4O2S/c1-26-17-5-2-4-14-7-8-16(22-19(14)17)13-25-10-9-15(12-25)21-23-20(24-27-21)18-6-3-11-28-18/h2-8,11,15H,9-10,12-13H2,1H3/t15-/m1/s1. The van der Waals surface area contributed by atoms with E-state index in [1.54, 1.807) is 18.4 Å². The molecule has 6 nitrogen and oxygen atoms in total. The van der Waals surface area contributed by atoms with Crippen molar-refractivity contribution in [2.75, 3.05) is 20.2 Å². The monoisotopic (exact) mass is 392 g/mol. The highest BCUT2D eigenvalue weighted by molar-refractivity contribution is 7.13. The Morgan fingerprint density at radius 2 is 2.14 bits per heavy atom. The zero-order chi connectivity index (χ0) is 18.9. The highest BCUT2D eigenvalue weighted by atomic mass is 32.1. The lowest BCUT2D eigenvalue weighted by atomic mass is 10.1. The molecule has 1 fully saturated rings. The van der Waals surface area contributed by atoms with Crippen LogP contribution in [-0.4, -0.2) is 40.2 Å². The van der Waals surface area contributed by atoms with E-state index in [9.17, 15) is 0 Å². The van der Waals surface area contributed by atoms with Crippen LogP contribution in [0.15, 0.2) is 52.4 Å². The summed E-state index contributed by atoms with van der Waals surface area (Å²) in [5, 5.41) is 7.26. The highest BCUT2D eigenvalue weighted by Crippen LogP contribution is 2.30. The number of fused-ring (bicyclic) bond motifs is 1. The molecule has 0 aliphatic carbocycles. The second-order valence-corrected chi connectivity index (χ2v) is 7.94. The molecule has 0 unspecified atom stereocenters. The van der Waals surface area contributed by atoms with Gasteiger partial charge in [-0.15, -0.1) is 11.3 Å². The molecule has 0 radical (unpaired) electrons. The summed E-state index contributed by atoms with van der Waals surface area (Å²) >= 11 is 1.62. The molecule has 0 saturated carbocycles. The maximum absolute atomic E-state index is 5.55. The van der Waals surface area contributed by atoms with Crippen molar-refractivity contribution in [3.63, 3.8) is 0 Å². The van der Waals surface area contributed by atoms with E-state index >= 15 is 0 Å². The predicted octanol–water partition coefficient (Wildman–Crippen LogP) is 4.34. The van der Waals surface area contributed by atoms with Crippen LogP contribution in [0.25, 0.3) is 21.6 Å². The predicted molar refractivity (Wildman–Crippen MR) is 109 cm³/mol. The molecule has 0 bridgehead atoms. The van der Waals surface area contributed by atoms with Crippen LogP contribution < -0.4 is 4.74 Å². The number of aromatic nitrogens is 3. The number of benzene rings is 1. The molecule has 4 heterocycles. The molecule has 4 aromatic rings. The Hall–Kier alpha value is -2.77. The van der Waals surface area contributed by atoms with Crippen LogP contribution in [0.1, 0.15) is 23.9 Å². The number of thiophene rings is 1. The topological polar surface area (TPSA) is 64.3 Å². The van der Waals surface area contributed by atoms with Gasteiger partial charge in [0.2, 0.25) is 11.7 Å². The first kappa shape index (κ1) is 17.3. The Morgan fingerprint density at radius 3 is 3.00 bits per heavy atom. The molecule has 7 heteroatoms. The van der Waals surface area contributed by atoms with Crippen molar-refractivity contribution in [3.05, 3.63) is 59.4 Å². The zero-order valence-electron chi connectivity index (χ0n) is 15.5. The Bertz CT molecular complexity index is 1090. The Morgan fingerprint density at radius 1 is 1.18 bits per heavy atom. The number of ether oxygens (including phenoxy) is 1. The van der Waals surface area contributed by atoms with Crippen molar-refractivity contribution in [2.45, 2.75) is 18.9 Å². The van der Waals surface area contributed by atoms with E-state index in [-0.39, 0.29) is 5.92 Å².